The molecule has 0 bridgehead atoms. The standard InChI is InChI=1S/C9H12ClNO3/c1-3-14-8-5-6(10)4-7(11-8)9(12)13-2/h4-5,9,12H,3H2,1-2H3. The summed E-state index contributed by atoms with van der Waals surface area (Å²) >= 11 is 5.80. The maximum absolute atomic E-state index is 9.35. The van der Waals surface area contributed by atoms with E-state index in [1.54, 1.807) is 6.07 Å². The van der Waals surface area contributed by atoms with Crippen molar-refractivity contribution in [1.82, 2.24) is 4.98 Å². The van der Waals surface area contributed by atoms with Gasteiger partial charge in [-0.15, -0.1) is 0 Å². The number of hydrogen-bond donors (Lipinski definition) is 1. The van der Waals surface area contributed by atoms with Crippen LogP contribution in [0.15, 0.2) is 12.1 Å². The highest BCUT2D eigenvalue weighted by Crippen LogP contribution is 2.21. The zero-order valence-electron chi connectivity index (χ0n) is 8.03. The molecular weight excluding hydrogens is 206 g/mol. The van der Waals surface area contributed by atoms with Crippen molar-refractivity contribution in [2.45, 2.75) is 13.2 Å². The summed E-state index contributed by atoms with van der Waals surface area (Å²) in [5, 5.41) is 9.80. The average Bonchev–Trinajstić information content (AvgIpc) is 2.16. The Kier molecular flexibility index (Phi) is 4.13. The number of aromatic nitrogens is 1. The minimum atomic E-state index is -1.08. The fraction of sp³-hybridized carbons (Fsp3) is 0.444. The number of ether oxygens (including phenoxy) is 2. The first-order valence-corrected chi connectivity index (χ1v) is 4.56. The van der Waals surface area contributed by atoms with Crippen LogP contribution in [0.4, 0.5) is 0 Å². The molecule has 0 aliphatic carbocycles. The lowest BCUT2D eigenvalue weighted by atomic mass is 10.3. The van der Waals surface area contributed by atoms with E-state index in [1.807, 2.05) is 6.92 Å². The molecule has 1 heterocycles. The van der Waals surface area contributed by atoms with E-state index in [0.717, 1.165) is 0 Å². The van der Waals surface area contributed by atoms with Gasteiger partial charge in [0.05, 0.1) is 6.61 Å². The lowest BCUT2D eigenvalue weighted by molar-refractivity contribution is -0.0801. The van der Waals surface area contributed by atoms with E-state index >= 15 is 0 Å². The Labute approximate surface area is 87.4 Å². The molecule has 1 atom stereocenters. The van der Waals surface area contributed by atoms with Gasteiger partial charge >= 0.3 is 0 Å². The molecule has 0 fully saturated rings. The van der Waals surface area contributed by atoms with Gasteiger partial charge in [-0.1, -0.05) is 11.6 Å². The molecule has 1 rings (SSSR count). The molecule has 14 heavy (non-hydrogen) atoms. The molecule has 0 saturated carbocycles. The molecule has 0 saturated heterocycles. The second-order valence-electron chi connectivity index (χ2n) is 2.57. The monoisotopic (exact) mass is 217 g/mol. The molecule has 1 aromatic heterocycles. The van der Waals surface area contributed by atoms with E-state index in [2.05, 4.69) is 4.98 Å². The van der Waals surface area contributed by atoms with Crippen LogP contribution in [0.25, 0.3) is 0 Å². The Morgan fingerprint density at radius 3 is 2.86 bits per heavy atom. The third-order valence-electron chi connectivity index (χ3n) is 1.55. The number of methoxy groups -OCH3 is 1. The third-order valence-corrected chi connectivity index (χ3v) is 1.77. The van der Waals surface area contributed by atoms with Gasteiger partial charge in [0.1, 0.15) is 5.69 Å². The molecular formula is C9H12ClNO3. The van der Waals surface area contributed by atoms with Gasteiger partial charge in [-0.25, -0.2) is 4.98 Å². The van der Waals surface area contributed by atoms with Gasteiger partial charge in [0.25, 0.3) is 0 Å². The fourth-order valence-corrected chi connectivity index (χ4v) is 1.17. The fourth-order valence-electron chi connectivity index (χ4n) is 0.962. The van der Waals surface area contributed by atoms with Crippen LogP contribution in [0.1, 0.15) is 18.9 Å². The minimum Gasteiger partial charge on any atom is -0.478 e. The predicted molar refractivity (Wildman–Crippen MR) is 52.4 cm³/mol. The summed E-state index contributed by atoms with van der Waals surface area (Å²) in [5.41, 5.74) is 0.337. The molecule has 0 spiro atoms. The van der Waals surface area contributed by atoms with Crippen LogP contribution in [-0.4, -0.2) is 23.8 Å². The molecule has 0 aromatic carbocycles. The van der Waals surface area contributed by atoms with Gasteiger partial charge < -0.3 is 14.6 Å². The Morgan fingerprint density at radius 1 is 1.57 bits per heavy atom. The van der Waals surface area contributed by atoms with Crippen molar-refractivity contribution in [2.24, 2.45) is 0 Å². The summed E-state index contributed by atoms with van der Waals surface area (Å²) in [6.45, 7) is 2.34. The third kappa shape index (κ3) is 2.83. The van der Waals surface area contributed by atoms with E-state index in [0.29, 0.717) is 23.2 Å². The van der Waals surface area contributed by atoms with Crippen LogP contribution in [0.5, 0.6) is 5.88 Å². The second-order valence-corrected chi connectivity index (χ2v) is 3.01. The highest BCUT2D eigenvalue weighted by atomic mass is 35.5. The number of aliphatic hydroxyl groups is 1. The largest absolute Gasteiger partial charge is 0.478 e. The summed E-state index contributed by atoms with van der Waals surface area (Å²) in [6.07, 6.45) is -1.08. The maximum Gasteiger partial charge on any atom is 0.215 e. The van der Waals surface area contributed by atoms with Crippen LogP contribution in [0.3, 0.4) is 0 Å². The second kappa shape index (κ2) is 5.14. The lowest BCUT2D eigenvalue weighted by Crippen LogP contribution is -2.04. The first-order chi connectivity index (χ1) is 6.67. The number of hydrogen-bond acceptors (Lipinski definition) is 4. The molecule has 78 valence electrons. The quantitative estimate of drug-likeness (QED) is 0.781. The molecule has 0 aliphatic heterocycles. The SMILES string of the molecule is CCOc1cc(Cl)cc(C(O)OC)n1. The summed E-state index contributed by atoms with van der Waals surface area (Å²) in [6, 6.07) is 3.11. The van der Waals surface area contributed by atoms with Crippen molar-refractivity contribution in [3.63, 3.8) is 0 Å². The molecule has 1 unspecified atom stereocenters. The Hall–Kier alpha value is -0.840. The first kappa shape index (κ1) is 11.2. The van der Waals surface area contributed by atoms with Crippen molar-refractivity contribution >= 4 is 11.6 Å². The molecule has 0 amide bonds. The molecule has 1 N–H and O–H groups in total. The van der Waals surface area contributed by atoms with Gasteiger partial charge in [0, 0.05) is 18.2 Å². The number of rotatable bonds is 4. The summed E-state index contributed by atoms with van der Waals surface area (Å²) in [5.74, 6) is 0.381. The van der Waals surface area contributed by atoms with Gasteiger partial charge in [-0.05, 0) is 13.0 Å². The highest BCUT2D eigenvalue weighted by Gasteiger charge is 2.10. The Balaban J connectivity index is 2.94. The van der Waals surface area contributed by atoms with Crippen molar-refractivity contribution < 1.29 is 14.6 Å². The first-order valence-electron chi connectivity index (χ1n) is 4.18. The van der Waals surface area contributed by atoms with Crippen molar-refractivity contribution in [1.29, 1.82) is 0 Å². The van der Waals surface area contributed by atoms with E-state index < -0.39 is 6.29 Å². The van der Waals surface area contributed by atoms with Crippen molar-refractivity contribution in [3.05, 3.63) is 22.8 Å². The molecule has 0 aliphatic rings. The molecule has 1 aromatic rings. The van der Waals surface area contributed by atoms with Gasteiger partial charge in [0.2, 0.25) is 5.88 Å². The smallest absolute Gasteiger partial charge is 0.215 e. The average molecular weight is 218 g/mol. The van der Waals surface area contributed by atoms with Crippen molar-refractivity contribution in [3.8, 4) is 5.88 Å². The summed E-state index contributed by atoms with van der Waals surface area (Å²) in [7, 11) is 1.38. The number of aliphatic hydroxyl groups excluding tert-OH is 1. The van der Waals surface area contributed by atoms with Crippen LogP contribution in [0.2, 0.25) is 5.02 Å². The van der Waals surface area contributed by atoms with Crippen LogP contribution >= 0.6 is 11.6 Å². The summed E-state index contributed by atoms with van der Waals surface area (Å²) in [4.78, 5) is 4.01. The van der Waals surface area contributed by atoms with E-state index in [1.165, 1.54) is 13.2 Å². The maximum atomic E-state index is 9.35. The van der Waals surface area contributed by atoms with Gasteiger partial charge in [-0.3, -0.25) is 0 Å². The van der Waals surface area contributed by atoms with E-state index in [9.17, 15) is 5.11 Å². The molecule has 0 radical (unpaired) electrons. The number of halogens is 1. The van der Waals surface area contributed by atoms with Crippen molar-refractivity contribution in [2.75, 3.05) is 13.7 Å². The molecule has 4 nitrogen and oxygen atoms in total. The van der Waals surface area contributed by atoms with Crippen LogP contribution in [-0.2, 0) is 4.74 Å². The van der Waals surface area contributed by atoms with Crippen LogP contribution < -0.4 is 4.74 Å². The minimum absolute atomic E-state index is 0.337. The van der Waals surface area contributed by atoms with Crippen LogP contribution in [0, 0.1) is 0 Å². The number of pyridine rings is 1. The van der Waals surface area contributed by atoms with Gasteiger partial charge in [-0.2, -0.15) is 0 Å². The van der Waals surface area contributed by atoms with E-state index in [4.69, 9.17) is 21.1 Å². The Morgan fingerprint density at radius 2 is 2.29 bits per heavy atom. The zero-order valence-corrected chi connectivity index (χ0v) is 8.78. The normalized spacial score (nSPS) is 12.6. The summed E-state index contributed by atoms with van der Waals surface area (Å²) < 4.78 is 9.86. The Bertz CT molecular complexity index is 306. The molecule has 5 heteroatoms. The topological polar surface area (TPSA) is 51.6 Å². The number of nitrogens with zero attached hydrogens (tertiary/aromatic N) is 1. The highest BCUT2D eigenvalue weighted by molar-refractivity contribution is 6.30. The lowest BCUT2D eigenvalue weighted by Gasteiger charge is -2.10. The van der Waals surface area contributed by atoms with E-state index in [-0.39, 0.29) is 0 Å². The predicted octanol–water partition coefficient (Wildman–Crippen LogP) is 1.77. The zero-order chi connectivity index (χ0) is 10.6. The van der Waals surface area contributed by atoms with Gasteiger partial charge in [0.15, 0.2) is 6.29 Å².